The van der Waals surface area contributed by atoms with Crippen LogP contribution in [0.4, 0.5) is 0 Å². The van der Waals surface area contributed by atoms with Crippen LogP contribution in [0.3, 0.4) is 0 Å². The number of ketones is 1. The second-order valence-corrected chi connectivity index (χ2v) is 4.32. The van der Waals surface area contributed by atoms with Crippen molar-refractivity contribution in [1.29, 1.82) is 0 Å². The van der Waals surface area contributed by atoms with Gasteiger partial charge >= 0.3 is 0 Å². The van der Waals surface area contributed by atoms with Gasteiger partial charge in [-0.05, 0) is 36.4 Å². The van der Waals surface area contributed by atoms with Crippen molar-refractivity contribution < 1.29 is 14.3 Å². The lowest BCUT2D eigenvalue weighted by atomic mass is 10.3. The number of carbonyl (C=O) groups is 1. The van der Waals surface area contributed by atoms with Gasteiger partial charge in [-0.3, -0.25) is 4.79 Å². The van der Waals surface area contributed by atoms with Crippen molar-refractivity contribution in [3.63, 3.8) is 0 Å². The third kappa shape index (κ3) is 4.64. The van der Waals surface area contributed by atoms with Crippen molar-refractivity contribution in [2.24, 2.45) is 0 Å². The van der Waals surface area contributed by atoms with Gasteiger partial charge in [-0.1, -0.05) is 29.8 Å². The van der Waals surface area contributed by atoms with Crippen molar-refractivity contribution in [1.82, 2.24) is 0 Å². The molecule has 0 aromatic heterocycles. The summed E-state index contributed by atoms with van der Waals surface area (Å²) in [7, 11) is 0. The van der Waals surface area contributed by atoms with Crippen LogP contribution >= 0.6 is 11.6 Å². The molecular formula is C15H13ClO3. The van der Waals surface area contributed by atoms with Gasteiger partial charge in [-0.15, -0.1) is 0 Å². The first kappa shape index (κ1) is 13.4. The minimum absolute atomic E-state index is 0.00238. The van der Waals surface area contributed by atoms with Crippen LogP contribution in [-0.4, -0.2) is 19.0 Å². The maximum atomic E-state index is 11.6. The Kier molecular flexibility index (Phi) is 4.81. The fraction of sp³-hybridized carbons (Fsp3) is 0.133. The predicted octanol–water partition coefficient (Wildman–Crippen LogP) is 3.37. The smallest absolute Gasteiger partial charge is 0.207 e. The molecule has 0 saturated heterocycles. The molecule has 0 fully saturated rings. The normalized spacial score (nSPS) is 9.95. The largest absolute Gasteiger partial charge is 0.486 e. The second-order valence-electron chi connectivity index (χ2n) is 3.88. The van der Waals surface area contributed by atoms with E-state index in [1.54, 1.807) is 36.4 Å². The van der Waals surface area contributed by atoms with Gasteiger partial charge in [0.05, 0.1) is 0 Å². The first-order valence-electron chi connectivity index (χ1n) is 5.82. The summed E-state index contributed by atoms with van der Waals surface area (Å²) >= 11 is 5.75. The quantitative estimate of drug-likeness (QED) is 0.811. The summed E-state index contributed by atoms with van der Waals surface area (Å²) in [4.78, 5) is 11.6. The molecule has 2 rings (SSSR count). The van der Waals surface area contributed by atoms with E-state index in [1.165, 1.54) is 0 Å². The van der Waals surface area contributed by atoms with E-state index in [0.29, 0.717) is 16.5 Å². The maximum Gasteiger partial charge on any atom is 0.207 e. The van der Waals surface area contributed by atoms with Gasteiger partial charge in [-0.25, -0.2) is 0 Å². The summed E-state index contributed by atoms with van der Waals surface area (Å²) < 4.78 is 10.6. The maximum absolute atomic E-state index is 11.6. The van der Waals surface area contributed by atoms with Crippen molar-refractivity contribution in [3.05, 3.63) is 59.6 Å². The standard InChI is InChI=1S/C15H13ClO3/c16-12-6-8-15(9-7-12)19-11-13(17)10-18-14-4-2-1-3-5-14/h1-9H,10-11H2. The number of ether oxygens (including phenoxy) is 2. The Morgan fingerprint density at radius 1 is 0.842 bits per heavy atom. The molecule has 0 unspecified atom stereocenters. The molecule has 0 aliphatic carbocycles. The topological polar surface area (TPSA) is 35.5 Å². The van der Waals surface area contributed by atoms with Crippen LogP contribution in [0.2, 0.25) is 5.02 Å². The van der Waals surface area contributed by atoms with Crippen molar-refractivity contribution in [2.45, 2.75) is 0 Å². The highest BCUT2D eigenvalue weighted by Crippen LogP contribution is 2.15. The van der Waals surface area contributed by atoms with Crippen LogP contribution < -0.4 is 9.47 Å². The van der Waals surface area contributed by atoms with Gasteiger partial charge in [0, 0.05) is 5.02 Å². The molecule has 0 heterocycles. The van der Waals surface area contributed by atoms with Crippen molar-refractivity contribution in [3.8, 4) is 11.5 Å². The summed E-state index contributed by atoms with van der Waals surface area (Å²) in [6, 6.07) is 16.0. The Hall–Kier alpha value is -2.00. The zero-order valence-corrected chi connectivity index (χ0v) is 11.0. The van der Waals surface area contributed by atoms with Gasteiger partial charge in [0.2, 0.25) is 5.78 Å². The Balaban J connectivity index is 1.74. The van der Waals surface area contributed by atoms with E-state index in [1.807, 2.05) is 18.2 Å². The highest BCUT2D eigenvalue weighted by atomic mass is 35.5. The zero-order chi connectivity index (χ0) is 13.5. The molecule has 0 atom stereocenters. The Morgan fingerprint density at radius 2 is 1.37 bits per heavy atom. The van der Waals surface area contributed by atoms with E-state index in [9.17, 15) is 4.79 Å². The summed E-state index contributed by atoms with van der Waals surface area (Å²) in [6.07, 6.45) is 0. The Bertz CT molecular complexity index is 523. The summed E-state index contributed by atoms with van der Waals surface area (Å²) in [5, 5.41) is 0.631. The van der Waals surface area contributed by atoms with Gasteiger partial charge in [0.15, 0.2) is 0 Å². The van der Waals surface area contributed by atoms with Crippen LogP contribution in [0, 0.1) is 0 Å². The molecule has 0 aliphatic heterocycles. The SMILES string of the molecule is O=C(COc1ccccc1)COc1ccc(Cl)cc1. The molecule has 0 spiro atoms. The molecule has 0 radical (unpaired) electrons. The number of para-hydroxylation sites is 1. The fourth-order valence-corrected chi connectivity index (χ4v) is 1.54. The number of halogens is 1. The number of rotatable bonds is 6. The lowest BCUT2D eigenvalue weighted by molar-refractivity contribution is -0.123. The minimum Gasteiger partial charge on any atom is -0.486 e. The first-order valence-corrected chi connectivity index (χ1v) is 6.20. The van der Waals surface area contributed by atoms with Gasteiger partial charge in [0.25, 0.3) is 0 Å². The van der Waals surface area contributed by atoms with Crippen LogP contribution in [0.5, 0.6) is 11.5 Å². The van der Waals surface area contributed by atoms with Crippen LogP contribution in [0.15, 0.2) is 54.6 Å². The van der Waals surface area contributed by atoms with Crippen molar-refractivity contribution in [2.75, 3.05) is 13.2 Å². The molecule has 98 valence electrons. The third-order valence-electron chi connectivity index (χ3n) is 2.36. The van der Waals surface area contributed by atoms with E-state index in [4.69, 9.17) is 21.1 Å². The van der Waals surface area contributed by atoms with Gasteiger partial charge < -0.3 is 9.47 Å². The summed E-state index contributed by atoms with van der Waals surface area (Å²) in [6.45, 7) is -0.0218. The average molecular weight is 277 g/mol. The number of carbonyl (C=O) groups excluding carboxylic acids is 1. The van der Waals surface area contributed by atoms with Gasteiger partial charge in [-0.2, -0.15) is 0 Å². The molecule has 0 amide bonds. The van der Waals surface area contributed by atoms with E-state index in [2.05, 4.69) is 0 Å². The number of hydrogen-bond donors (Lipinski definition) is 0. The first-order chi connectivity index (χ1) is 9.24. The Labute approximate surface area is 116 Å². The minimum atomic E-state index is -0.126. The zero-order valence-electron chi connectivity index (χ0n) is 10.2. The van der Waals surface area contributed by atoms with E-state index < -0.39 is 0 Å². The molecule has 0 N–H and O–H groups in total. The summed E-state index contributed by atoms with van der Waals surface area (Å²) in [5.41, 5.74) is 0. The molecule has 0 saturated carbocycles. The fourth-order valence-electron chi connectivity index (χ4n) is 1.42. The van der Waals surface area contributed by atoms with E-state index >= 15 is 0 Å². The monoisotopic (exact) mass is 276 g/mol. The summed E-state index contributed by atoms with van der Waals surface area (Å²) in [5.74, 6) is 1.15. The highest BCUT2D eigenvalue weighted by Gasteiger charge is 2.04. The van der Waals surface area contributed by atoms with E-state index in [-0.39, 0.29) is 19.0 Å². The average Bonchev–Trinajstić information content (AvgIpc) is 2.45. The van der Waals surface area contributed by atoms with E-state index in [0.717, 1.165) is 0 Å². The highest BCUT2D eigenvalue weighted by molar-refractivity contribution is 6.30. The van der Waals surface area contributed by atoms with Crippen molar-refractivity contribution >= 4 is 17.4 Å². The molecular weight excluding hydrogens is 264 g/mol. The lowest BCUT2D eigenvalue weighted by Crippen LogP contribution is -2.19. The lowest BCUT2D eigenvalue weighted by Gasteiger charge is -2.07. The molecule has 0 aliphatic rings. The molecule has 3 nitrogen and oxygen atoms in total. The number of benzene rings is 2. The van der Waals surface area contributed by atoms with Crippen LogP contribution in [0.1, 0.15) is 0 Å². The number of hydrogen-bond acceptors (Lipinski definition) is 3. The molecule has 19 heavy (non-hydrogen) atoms. The number of Topliss-reactive ketones (excluding diaryl/α,β-unsaturated/α-hetero) is 1. The second kappa shape index (κ2) is 6.81. The van der Waals surface area contributed by atoms with Gasteiger partial charge in [0.1, 0.15) is 24.7 Å². The van der Waals surface area contributed by atoms with Crippen LogP contribution in [0.25, 0.3) is 0 Å². The molecule has 2 aromatic rings. The Morgan fingerprint density at radius 3 is 1.95 bits per heavy atom. The molecule has 2 aromatic carbocycles. The third-order valence-corrected chi connectivity index (χ3v) is 2.61. The molecule has 0 bridgehead atoms. The van der Waals surface area contributed by atoms with Crippen LogP contribution in [-0.2, 0) is 4.79 Å². The predicted molar refractivity (Wildman–Crippen MR) is 73.9 cm³/mol. The molecule has 4 heteroatoms.